The Hall–Kier alpha value is -1.05. The molecule has 81 valence electrons. The number of rotatable bonds is 2. The number of hydrogen-bond donors (Lipinski definition) is 0. The number of halogens is 1. The molecule has 2 rings (SSSR count). The van der Waals surface area contributed by atoms with Crippen LogP contribution in [0, 0.1) is 6.92 Å². The van der Waals surface area contributed by atoms with Crippen molar-refractivity contribution in [2.45, 2.75) is 25.4 Å². The second kappa shape index (κ2) is 4.65. The van der Waals surface area contributed by atoms with E-state index in [4.69, 9.17) is 0 Å². The first-order valence-electron chi connectivity index (χ1n) is 5.59. The molecule has 1 fully saturated rings. The Bertz CT molecular complexity index is 316. The molecule has 0 bridgehead atoms. The molecule has 0 N–H and O–H groups in total. The van der Waals surface area contributed by atoms with E-state index in [0.717, 1.165) is 18.8 Å². The molecular weight excluding hydrogens is 189 g/mol. The lowest BCUT2D eigenvalue weighted by Crippen LogP contribution is -2.29. The number of anilines is 1. The van der Waals surface area contributed by atoms with Gasteiger partial charge in [-0.15, -0.1) is 0 Å². The van der Waals surface area contributed by atoms with Gasteiger partial charge in [0.15, 0.2) is 0 Å². The van der Waals surface area contributed by atoms with Gasteiger partial charge in [-0.1, -0.05) is 12.1 Å². The largest absolute Gasteiger partial charge is 0.372 e. The molecule has 2 heteroatoms. The summed E-state index contributed by atoms with van der Waals surface area (Å²) >= 11 is 0. The summed E-state index contributed by atoms with van der Waals surface area (Å²) in [5.74, 6) is 0. The molecule has 1 aromatic rings. The average molecular weight is 206 g/mol. The average Bonchev–Trinajstić information content (AvgIpc) is 2.30. The molecule has 1 nitrogen and oxygen atoms in total. The van der Waals surface area contributed by atoms with Gasteiger partial charge in [-0.3, -0.25) is 0 Å². The van der Waals surface area contributed by atoms with Crippen molar-refractivity contribution in [3.8, 4) is 0 Å². The molecule has 1 aromatic carbocycles. The Morgan fingerprint density at radius 1 is 1.20 bits per heavy atom. The highest BCUT2D eigenvalue weighted by Gasteiger charge is 2.12. The van der Waals surface area contributed by atoms with Crippen LogP contribution in [0.1, 0.15) is 31.0 Å². The zero-order valence-electron chi connectivity index (χ0n) is 8.95. The van der Waals surface area contributed by atoms with Gasteiger partial charge in [-0.2, -0.15) is 0 Å². The van der Waals surface area contributed by atoms with Gasteiger partial charge in [-0.25, -0.2) is 4.39 Å². The van der Waals surface area contributed by atoms with Gasteiger partial charge in [0.1, 0.15) is 6.17 Å². The molecule has 0 amide bonds. The van der Waals surface area contributed by atoms with E-state index in [9.17, 15) is 4.39 Å². The first-order chi connectivity index (χ1) is 7.27. The predicted octanol–water partition coefficient (Wildman–Crippen LogP) is 3.52. The minimum absolute atomic E-state index is 0.679. The molecule has 1 aliphatic heterocycles. The third kappa shape index (κ3) is 2.49. The lowest BCUT2D eigenvalue weighted by Gasteiger charge is -2.29. The van der Waals surface area contributed by atoms with Crippen LogP contribution in [-0.4, -0.2) is 13.1 Å². The van der Waals surface area contributed by atoms with Gasteiger partial charge in [0.05, 0.1) is 0 Å². The topological polar surface area (TPSA) is 3.24 Å². The van der Waals surface area contributed by atoms with Gasteiger partial charge in [0.2, 0.25) is 0 Å². The molecule has 1 saturated heterocycles. The van der Waals surface area contributed by atoms with Crippen molar-refractivity contribution in [3.05, 3.63) is 36.8 Å². The molecule has 15 heavy (non-hydrogen) atoms. The predicted molar refractivity (Wildman–Crippen MR) is 61.7 cm³/mol. The van der Waals surface area contributed by atoms with Crippen molar-refractivity contribution in [2.75, 3.05) is 18.0 Å². The summed E-state index contributed by atoms with van der Waals surface area (Å²) in [5.41, 5.74) is 1.82. The smallest absolute Gasteiger partial charge is 0.125 e. The maximum atomic E-state index is 13.1. The number of alkyl halides is 1. The molecule has 0 aromatic heterocycles. The minimum atomic E-state index is -1.12. The number of piperidine rings is 1. The summed E-state index contributed by atoms with van der Waals surface area (Å²) < 4.78 is 13.1. The van der Waals surface area contributed by atoms with E-state index in [0.29, 0.717) is 5.56 Å². The molecular formula is C13H17FN. The van der Waals surface area contributed by atoms with Crippen molar-refractivity contribution >= 4 is 5.69 Å². The van der Waals surface area contributed by atoms with Crippen molar-refractivity contribution in [1.82, 2.24) is 0 Å². The van der Waals surface area contributed by atoms with Crippen LogP contribution in [0.15, 0.2) is 24.3 Å². The monoisotopic (exact) mass is 206 g/mol. The fourth-order valence-electron chi connectivity index (χ4n) is 2.07. The number of nitrogens with zero attached hydrogens (tertiary/aromatic N) is 1. The van der Waals surface area contributed by atoms with E-state index in [-0.39, 0.29) is 0 Å². The van der Waals surface area contributed by atoms with Gasteiger partial charge in [0, 0.05) is 18.8 Å². The third-order valence-corrected chi connectivity index (χ3v) is 2.95. The van der Waals surface area contributed by atoms with Gasteiger partial charge in [0.25, 0.3) is 0 Å². The van der Waals surface area contributed by atoms with E-state index in [1.54, 1.807) is 6.07 Å². The quantitative estimate of drug-likeness (QED) is 0.715. The molecule has 1 aliphatic rings. The van der Waals surface area contributed by atoms with E-state index < -0.39 is 6.17 Å². The van der Waals surface area contributed by atoms with Gasteiger partial charge >= 0.3 is 0 Å². The summed E-state index contributed by atoms with van der Waals surface area (Å²) in [6, 6.07) is 7.68. The summed E-state index contributed by atoms with van der Waals surface area (Å²) in [5, 5.41) is 0. The minimum Gasteiger partial charge on any atom is -0.372 e. The summed E-state index contributed by atoms with van der Waals surface area (Å²) in [6.45, 7) is 5.60. The van der Waals surface area contributed by atoms with E-state index in [2.05, 4.69) is 17.9 Å². The van der Waals surface area contributed by atoms with Crippen LogP contribution in [0.2, 0.25) is 0 Å². The third-order valence-electron chi connectivity index (χ3n) is 2.95. The van der Waals surface area contributed by atoms with Gasteiger partial charge < -0.3 is 4.90 Å². The fraction of sp³-hybridized carbons (Fsp3) is 0.462. The van der Waals surface area contributed by atoms with Crippen LogP contribution < -0.4 is 4.90 Å². The Balaban J connectivity index is 2.16. The number of benzene rings is 1. The number of hydrogen-bond acceptors (Lipinski definition) is 1. The highest BCUT2D eigenvalue weighted by Crippen LogP contribution is 2.24. The molecule has 1 unspecified atom stereocenters. The fourth-order valence-corrected chi connectivity index (χ4v) is 2.07. The first kappa shape index (κ1) is 10.5. The first-order valence-corrected chi connectivity index (χ1v) is 5.59. The standard InChI is InChI=1S/C13H17FN/c1-11(14)12-6-5-7-13(10-12)15-8-3-2-4-9-15/h5-7,10-11H,1-4,8-9H2. The Morgan fingerprint density at radius 3 is 2.60 bits per heavy atom. The van der Waals surface area contributed by atoms with Crippen molar-refractivity contribution in [2.24, 2.45) is 0 Å². The van der Waals surface area contributed by atoms with E-state index in [1.165, 1.54) is 19.3 Å². The summed E-state index contributed by atoms with van der Waals surface area (Å²) in [4.78, 5) is 2.33. The molecule has 1 atom stereocenters. The Morgan fingerprint density at radius 2 is 1.93 bits per heavy atom. The maximum Gasteiger partial charge on any atom is 0.125 e. The van der Waals surface area contributed by atoms with Crippen LogP contribution in [-0.2, 0) is 0 Å². The molecule has 0 spiro atoms. The molecule has 0 aliphatic carbocycles. The lowest BCUT2D eigenvalue weighted by atomic mass is 10.1. The highest BCUT2D eigenvalue weighted by molar-refractivity contribution is 5.49. The Kier molecular flexibility index (Phi) is 3.24. The molecule has 0 saturated carbocycles. The second-order valence-corrected chi connectivity index (χ2v) is 4.11. The van der Waals surface area contributed by atoms with Crippen LogP contribution >= 0.6 is 0 Å². The van der Waals surface area contributed by atoms with E-state index >= 15 is 0 Å². The molecule has 1 heterocycles. The van der Waals surface area contributed by atoms with Crippen molar-refractivity contribution in [1.29, 1.82) is 0 Å². The summed E-state index contributed by atoms with van der Waals surface area (Å²) in [7, 11) is 0. The van der Waals surface area contributed by atoms with Crippen molar-refractivity contribution < 1.29 is 4.39 Å². The van der Waals surface area contributed by atoms with Crippen LogP contribution in [0.5, 0.6) is 0 Å². The van der Waals surface area contributed by atoms with Crippen molar-refractivity contribution in [3.63, 3.8) is 0 Å². The Labute approximate surface area is 90.9 Å². The molecule has 1 radical (unpaired) electrons. The SMILES string of the molecule is [CH2]C(F)c1cccc(N2CCCCC2)c1. The zero-order valence-corrected chi connectivity index (χ0v) is 8.95. The van der Waals surface area contributed by atoms with Gasteiger partial charge in [-0.05, 0) is 43.9 Å². The maximum absolute atomic E-state index is 13.1. The highest BCUT2D eigenvalue weighted by atomic mass is 19.1. The van der Waals surface area contributed by atoms with Crippen LogP contribution in [0.3, 0.4) is 0 Å². The van der Waals surface area contributed by atoms with Crippen LogP contribution in [0.25, 0.3) is 0 Å². The second-order valence-electron chi connectivity index (χ2n) is 4.11. The zero-order chi connectivity index (χ0) is 10.7. The van der Waals surface area contributed by atoms with Crippen LogP contribution in [0.4, 0.5) is 10.1 Å². The normalized spacial score (nSPS) is 18.9. The van der Waals surface area contributed by atoms with E-state index in [1.807, 2.05) is 12.1 Å². The lowest BCUT2D eigenvalue weighted by molar-refractivity contribution is 0.411. The summed E-state index contributed by atoms with van der Waals surface area (Å²) in [6.07, 6.45) is 2.69.